The minimum absolute atomic E-state index is 0.0606. The van der Waals surface area contributed by atoms with Crippen LogP contribution in [-0.2, 0) is 28.9 Å². The molecule has 0 aromatic carbocycles. The van der Waals surface area contributed by atoms with Gasteiger partial charge in [-0.1, -0.05) is 13.2 Å². The first kappa shape index (κ1) is 19.4. The van der Waals surface area contributed by atoms with Crippen molar-refractivity contribution in [1.82, 2.24) is 0 Å². The van der Waals surface area contributed by atoms with Crippen LogP contribution in [0.4, 0.5) is 0 Å². The van der Waals surface area contributed by atoms with Crippen molar-refractivity contribution in [2.24, 2.45) is 0 Å². The quantitative estimate of drug-likeness (QED) is 0.307. The summed E-state index contributed by atoms with van der Waals surface area (Å²) in [6, 6.07) is 0. The van der Waals surface area contributed by atoms with Crippen LogP contribution in [0, 0.1) is 0 Å². The number of rotatable bonds is 12. The average molecular weight is 318 g/mol. The lowest BCUT2D eigenvalue weighted by Crippen LogP contribution is -2.13. The molecule has 7 heteroatoms. The summed E-state index contributed by atoms with van der Waals surface area (Å²) < 4.78 is 32.9. The summed E-state index contributed by atoms with van der Waals surface area (Å²) in [5.41, 5.74) is 0. The first-order valence-corrected chi connectivity index (χ1v) is 8.52. The fourth-order valence-electron chi connectivity index (χ4n) is 1.41. The summed E-state index contributed by atoms with van der Waals surface area (Å²) in [6.07, 6.45) is 4.01. The zero-order valence-electron chi connectivity index (χ0n) is 12.1. The van der Waals surface area contributed by atoms with Gasteiger partial charge in [-0.25, -0.2) is 18.0 Å². The molecule has 0 atom stereocenters. The summed E-state index contributed by atoms with van der Waals surface area (Å²) in [6.45, 7) is 6.90. The van der Waals surface area contributed by atoms with Gasteiger partial charge in [-0.05, 0) is 25.7 Å². The molecule has 0 aliphatic carbocycles. The van der Waals surface area contributed by atoms with Crippen molar-refractivity contribution in [2.45, 2.75) is 25.7 Å². The van der Waals surface area contributed by atoms with Gasteiger partial charge >= 0.3 is 11.9 Å². The Labute approximate surface area is 125 Å². The Morgan fingerprint density at radius 1 is 0.810 bits per heavy atom. The molecule has 0 N–H and O–H groups in total. The van der Waals surface area contributed by atoms with E-state index in [1.807, 2.05) is 0 Å². The van der Waals surface area contributed by atoms with Gasteiger partial charge in [0.05, 0.1) is 24.7 Å². The second-order valence-corrected chi connectivity index (χ2v) is 6.61. The van der Waals surface area contributed by atoms with E-state index >= 15 is 0 Å². The van der Waals surface area contributed by atoms with Crippen LogP contribution < -0.4 is 0 Å². The van der Waals surface area contributed by atoms with Crippen molar-refractivity contribution in [3.05, 3.63) is 25.3 Å². The lowest BCUT2D eigenvalue weighted by atomic mass is 10.3. The highest BCUT2D eigenvalue weighted by molar-refractivity contribution is 7.91. The zero-order chi connectivity index (χ0) is 16.1. The number of carbonyl (C=O) groups is 2. The smallest absolute Gasteiger partial charge is 0.330 e. The molecule has 0 aliphatic heterocycles. The number of sulfone groups is 1. The van der Waals surface area contributed by atoms with Crippen molar-refractivity contribution in [1.29, 1.82) is 0 Å². The fourth-order valence-corrected chi connectivity index (χ4v) is 2.91. The van der Waals surface area contributed by atoms with Crippen molar-refractivity contribution in [3.63, 3.8) is 0 Å². The van der Waals surface area contributed by atoms with E-state index in [1.54, 1.807) is 0 Å². The van der Waals surface area contributed by atoms with E-state index in [0.29, 0.717) is 25.7 Å². The molecule has 0 aliphatic rings. The second kappa shape index (κ2) is 11.1. The molecule has 0 amide bonds. The summed E-state index contributed by atoms with van der Waals surface area (Å²) in [4.78, 5) is 21.5. The van der Waals surface area contributed by atoms with E-state index < -0.39 is 21.8 Å². The van der Waals surface area contributed by atoms with Crippen LogP contribution in [0.3, 0.4) is 0 Å². The van der Waals surface area contributed by atoms with Gasteiger partial charge in [0, 0.05) is 12.2 Å². The Balaban J connectivity index is 3.65. The maximum absolute atomic E-state index is 11.7. The molecule has 0 rings (SSSR count). The minimum Gasteiger partial charge on any atom is -0.463 e. The number of unbranched alkanes of at least 4 members (excludes halogenated alkanes) is 2. The predicted molar refractivity (Wildman–Crippen MR) is 79.4 cm³/mol. The number of ether oxygens (including phenoxy) is 2. The molecular formula is C14H22O6S. The normalized spacial score (nSPS) is 10.7. The predicted octanol–water partition coefficient (Wildman–Crippen LogP) is 1.42. The third-order valence-corrected chi connectivity index (χ3v) is 4.34. The standard InChI is InChI=1S/C14H22O6S/c1-3-13(15)19-9-5-7-11-21(17,18)12-8-6-10-20-14(16)4-2/h3-4H,1-2,5-12H2. The molecule has 6 nitrogen and oxygen atoms in total. The van der Waals surface area contributed by atoms with Crippen LogP contribution >= 0.6 is 0 Å². The van der Waals surface area contributed by atoms with Gasteiger partial charge in [0.2, 0.25) is 0 Å². The molecule has 0 bridgehead atoms. The van der Waals surface area contributed by atoms with E-state index in [4.69, 9.17) is 9.47 Å². The Morgan fingerprint density at radius 3 is 1.52 bits per heavy atom. The summed E-state index contributed by atoms with van der Waals surface area (Å²) in [7, 11) is -3.12. The number of esters is 2. The second-order valence-electron chi connectivity index (χ2n) is 4.31. The molecule has 0 saturated heterocycles. The third-order valence-electron chi connectivity index (χ3n) is 2.52. The highest BCUT2D eigenvalue weighted by Gasteiger charge is 2.10. The zero-order valence-corrected chi connectivity index (χ0v) is 12.9. The summed E-state index contributed by atoms with van der Waals surface area (Å²) in [5.74, 6) is -0.894. The molecular weight excluding hydrogens is 296 g/mol. The molecule has 21 heavy (non-hydrogen) atoms. The van der Waals surface area contributed by atoms with Gasteiger partial charge in [-0.2, -0.15) is 0 Å². The Bertz CT molecular complexity index is 416. The van der Waals surface area contributed by atoms with Crippen LogP contribution in [0.15, 0.2) is 25.3 Å². The van der Waals surface area contributed by atoms with E-state index in [1.165, 1.54) is 0 Å². The van der Waals surface area contributed by atoms with Gasteiger partial charge in [0.1, 0.15) is 9.84 Å². The van der Waals surface area contributed by atoms with Gasteiger partial charge in [0.15, 0.2) is 0 Å². The van der Waals surface area contributed by atoms with E-state index in [2.05, 4.69) is 13.2 Å². The lowest BCUT2D eigenvalue weighted by Gasteiger charge is -2.05. The first-order valence-electron chi connectivity index (χ1n) is 6.70. The fraction of sp³-hybridized carbons (Fsp3) is 0.571. The minimum atomic E-state index is -3.12. The highest BCUT2D eigenvalue weighted by Crippen LogP contribution is 2.03. The molecule has 0 fully saturated rings. The van der Waals surface area contributed by atoms with Crippen LogP contribution in [0.25, 0.3) is 0 Å². The highest BCUT2D eigenvalue weighted by atomic mass is 32.2. The molecule has 0 aromatic rings. The van der Waals surface area contributed by atoms with Gasteiger partial charge in [-0.15, -0.1) is 0 Å². The van der Waals surface area contributed by atoms with Crippen molar-refractivity contribution in [2.75, 3.05) is 24.7 Å². The van der Waals surface area contributed by atoms with E-state index in [0.717, 1.165) is 12.2 Å². The van der Waals surface area contributed by atoms with E-state index in [9.17, 15) is 18.0 Å². The molecule has 0 aromatic heterocycles. The number of hydrogen-bond acceptors (Lipinski definition) is 6. The number of hydrogen-bond donors (Lipinski definition) is 0. The van der Waals surface area contributed by atoms with Crippen LogP contribution in [0.2, 0.25) is 0 Å². The molecule has 0 unspecified atom stereocenters. The Morgan fingerprint density at radius 2 is 1.19 bits per heavy atom. The summed E-state index contributed by atoms with van der Waals surface area (Å²) >= 11 is 0. The van der Waals surface area contributed by atoms with Crippen LogP contribution in [-0.4, -0.2) is 45.1 Å². The SMILES string of the molecule is C=CC(=O)OCCCCS(=O)(=O)CCCCOC(=O)C=C. The molecule has 120 valence electrons. The average Bonchev–Trinajstić information content (AvgIpc) is 2.45. The largest absolute Gasteiger partial charge is 0.463 e. The molecule has 0 heterocycles. The summed E-state index contributed by atoms with van der Waals surface area (Å²) in [5, 5.41) is 0. The molecule has 0 radical (unpaired) electrons. The topological polar surface area (TPSA) is 86.7 Å². The first-order chi connectivity index (χ1) is 9.91. The van der Waals surface area contributed by atoms with Crippen molar-refractivity contribution in [3.8, 4) is 0 Å². The van der Waals surface area contributed by atoms with Crippen LogP contribution in [0.5, 0.6) is 0 Å². The van der Waals surface area contributed by atoms with Crippen molar-refractivity contribution >= 4 is 21.8 Å². The Kier molecular flexibility index (Phi) is 10.2. The molecule has 0 saturated carbocycles. The monoisotopic (exact) mass is 318 g/mol. The Hall–Kier alpha value is -1.63. The van der Waals surface area contributed by atoms with Gasteiger partial charge < -0.3 is 9.47 Å². The lowest BCUT2D eigenvalue weighted by molar-refractivity contribution is -0.138. The maximum Gasteiger partial charge on any atom is 0.330 e. The van der Waals surface area contributed by atoms with Crippen molar-refractivity contribution < 1.29 is 27.5 Å². The number of carbonyl (C=O) groups excluding carboxylic acids is 2. The molecule has 0 spiro atoms. The van der Waals surface area contributed by atoms with Gasteiger partial charge in [-0.3, -0.25) is 0 Å². The maximum atomic E-state index is 11.7. The third kappa shape index (κ3) is 11.9. The van der Waals surface area contributed by atoms with E-state index in [-0.39, 0.29) is 24.7 Å². The van der Waals surface area contributed by atoms with Gasteiger partial charge in [0.25, 0.3) is 0 Å². The van der Waals surface area contributed by atoms with Crippen LogP contribution in [0.1, 0.15) is 25.7 Å².